The van der Waals surface area contributed by atoms with Gasteiger partial charge in [-0.15, -0.1) is 13.2 Å². The molecule has 0 fully saturated rings. The van der Waals surface area contributed by atoms with Crippen LogP contribution in [-0.4, -0.2) is 19.0 Å². The number of amides is 1. The van der Waals surface area contributed by atoms with Crippen LogP contribution < -0.4 is 10.1 Å². The highest BCUT2D eigenvalue weighted by molar-refractivity contribution is 6.32. The molecule has 0 radical (unpaired) electrons. The molecular weight excluding hydrogens is 371 g/mol. The molecule has 138 valence electrons. The topological polar surface area (TPSA) is 47.6 Å². The largest absolute Gasteiger partial charge is 0.573 e. The van der Waals surface area contributed by atoms with E-state index in [1.807, 2.05) is 30.3 Å². The van der Waals surface area contributed by atoms with Gasteiger partial charge in [0.25, 0.3) is 0 Å². The van der Waals surface area contributed by atoms with E-state index < -0.39 is 18.2 Å². The lowest BCUT2D eigenvalue weighted by Gasteiger charge is -2.09. The number of halogens is 4. The van der Waals surface area contributed by atoms with Crippen LogP contribution in [0.2, 0.25) is 5.02 Å². The minimum atomic E-state index is -4.77. The van der Waals surface area contributed by atoms with E-state index in [9.17, 15) is 18.0 Å². The number of carbonyl (C=O) groups excluding carboxylic acids is 1. The molecule has 0 aromatic heterocycles. The maximum Gasteiger partial charge on any atom is 0.573 e. The highest BCUT2D eigenvalue weighted by Crippen LogP contribution is 2.28. The fraction of sp³-hybridized carbons (Fsp3) is 0.167. The van der Waals surface area contributed by atoms with E-state index in [1.54, 1.807) is 12.2 Å². The molecule has 0 aliphatic rings. The van der Waals surface area contributed by atoms with Crippen molar-refractivity contribution in [3.05, 3.63) is 70.8 Å². The predicted octanol–water partition coefficient (Wildman–Crippen LogP) is 5.18. The summed E-state index contributed by atoms with van der Waals surface area (Å²) in [7, 11) is 0. The van der Waals surface area contributed by atoms with Crippen molar-refractivity contribution in [1.29, 1.82) is 0 Å². The molecule has 4 nitrogen and oxygen atoms in total. The predicted molar refractivity (Wildman–Crippen MR) is 91.8 cm³/mol. The number of ether oxygens (including phenoxy) is 2. The van der Waals surface area contributed by atoms with Gasteiger partial charge in [0.1, 0.15) is 12.4 Å². The zero-order valence-electron chi connectivity index (χ0n) is 13.4. The molecule has 2 aromatic rings. The van der Waals surface area contributed by atoms with Crippen LogP contribution in [0.4, 0.5) is 18.0 Å². The molecule has 0 spiro atoms. The minimum Gasteiger partial charge on any atom is -0.445 e. The summed E-state index contributed by atoms with van der Waals surface area (Å²) in [5.74, 6) is -0.401. The first-order valence-electron chi connectivity index (χ1n) is 7.50. The number of carbonyl (C=O) groups is 1. The monoisotopic (exact) mass is 385 g/mol. The Kier molecular flexibility index (Phi) is 6.91. The molecule has 0 unspecified atom stereocenters. The van der Waals surface area contributed by atoms with Gasteiger partial charge in [-0.2, -0.15) is 0 Å². The SMILES string of the molecule is O=C(NCC=Cc1ccc(OC(F)(F)F)cc1Cl)OCc1ccccc1. The third kappa shape index (κ3) is 7.06. The number of nitrogens with one attached hydrogen (secondary N) is 1. The van der Waals surface area contributed by atoms with Gasteiger partial charge in [0, 0.05) is 6.54 Å². The first kappa shape index (κ1) is 19.7. The van der Waals surface area contributed by atoms with Crippen LogP contribution in [0.25, 0.3) is 6.08 Å². The highest BCUT2D eigenvalue weighted by atomic mass is 35.5. The Balaban J connectivity index is 1.78. The lowest BCUT2D eigenvalue weighted by molar-refractivity contribution is -0.274. The van der Waals surface area contributed by atoms with Crippen LogP contribution in [0.3, 0.4) is 0 Å². The molecule has 1 amide bonds. The Bertz CT molecular complexity index is 764. The number of alkyl halides is 3. The molecule has 1 N–H and O–H groups in total. The molecule has 0 atom stereocenters. The van der Waals surface area contributed by atoms with Crippen LogP contribution >= 0.6 is 11.6 Å². The van der Waals surface area contributed by atoms with E-state index >= 15 is 0 Å². The van der Waals surface area contributed by atoms with Crippen LogP contribution in [0, 0.1) is 0 Å². The number of hydrogen-bond donors (Lipinski definition) is 1. The van der Waals surface area contributed by atoms with Crippen LogP contribution in [-0.2, 0) is 11.3 Å². The van der Waals surface area contributed by atoms with Gasteiger partial charge in [0.05, 0.1) is 5.02 Å². The molecule has 8 heteroatoms. The van der Waals surface area contributed by atoms with Gasteiger partial charge in [0.2, 0.25) is 0 Å². The second-order valence-corrected chi connectivity index (χ2v) is 5.48. The molecule has 2 aromatic carbocycles. The van der Waals surface area contributed by atoms with Gasteiger partial charge in [-0.1, -0.05) is 54.1 Å². The molecule has 0 saturated carbocycles. The van der Waals surface area contributed by atoms with Crippen molar-refractivity contribution < 1.29 is 27.4 Å². The van der Waals surface area contributed by atoms with Gasteiger partial charge >= 0.3 is 12.5 Å². The smallest absolute Gasteiger partial charge is 0.445 e. The number of benzene rings is 2. The average molecular weight is 386 g/mol. The molecule has 0 bridgehead atoms. The van der Waals surface area contributed by atoms with Gasteiger partial charge in [-0.05, 0) is 29.3 Å². The number of hydrogen-bond acceptors (Lipinski definition) is 3. The second kappa shape index (κ2) is 9.15. The van der Waals surface area contributed by atoms with Crippen LogP contribution in [0.15, 0.2) is 54.6 Å². The molecule has 26 heavy (non-hydrogen) atoms. The third-order valence-electron chi connectivity index (χ3n) is 3.08. The summed E-state index contributed by atoms with van der Waals surface area (Å²) in [6.45, 7) is 0.327. The summed E-state index contributed by atoms with van der Waals surface area (Å²) in [5.41, 5.74) is 1.35. The summed E-state index contributed by atoms with van der Waals surface area (Å²) in [5, 5.41) is 2.61. The quantitative estimate of drug-likeness (QED) is 0.745. The van der Waals surface area contributed by atoms with Gasteiger partial charge in [-0.3, -0.25) is 0 Å². The van der Waals surface area contributed by atoms with Crippen molar-refractivity contribution >= 4 is 23.8 Å². The Hall–Kier alpha value is -2.67. The zero-order valence-corrected chi connectivity index (χ0v) is 14.2. The molecule has 0 aliphatic heterocycles. The van der Waals surface area contributed by atoms with Crippen molar-refractivity contribution in [3.63, 3.8) is 0 Å². The zero-order chi connectivity index (χ0) is 19.0. The molecule has 0 heterocycles. The molecule has 2 rings (SSSR count). The third-order valence-corrected chi connectivity index (χ3v) is 3.41. The van der Waals surface area contributed by atoms with Gasteiger partial charge in [0.15, 0.2) is 0 Å². The standard InChI is InChI=1S/C18H15ClF3NO3/c19-16-11-15(26-18(20,21)22)9-8-14(16)7-4-10-23-17(24)25-12-13-5-2-1-3-6-13/h1-9,11H,10,12H2,(H,23,24). The van der Waals surface area contributed by atoms with Gasteiger partial charge < -0.3 is 14.8 Å². The summed E-state index contributed by atoms with van der Waals surface area (Å²) < 4.78 is 45.2. The minimum absolute atomic E-state index is 0.0923. The number of alkyl carbamates (subject to hydrolysis) is 1. The maximum atomic E-state index is 12.1. The summed E-state index contributed by atoms with van der Waals surface area (Å²) >= 11 is 5.91. The molecule has 0 saturated heterocycles. The fourth-order valence-corrected chi connectivity index (χ4v) is 2.18. The van der Waals surface area contributed by atoms with E-state index in [4.69, 9.17) is 16.3 Å². The van der Waals surface area contributed by atoms with Crippen LogP contribution in [0.1, 0.15) is 11.1 Å². The lowest BCUT2D eigenvalue weighted by atomic mass is 10.2. The van der Waals surface area contributed by atoms with Gasteiger partial charge in [-0.25, -0.2) is 4.79 Å². The van der Waals surface area contributed by atoms with E-state index in [0.29, 0.717) is 5.56 Å². The van der Waals surface area contributed by atoms with Crippen molar-refractivity contribution in [2.75, 3.05) is 6.54 Å². The maximum absolute atomic E-state index is 12.1. The van der Waals surface area contributed by atoms with E-state index in [0.717, 1.165) is 17.7 Å². The summed E-state index contributed by atoms with van der Waals surface area (Å²) in [6.07, 6.45) is -2.20. The first-order valence-corrected chi connectivity index (χ1v) is 7.88. The highest BCUT2D eigenvalue weighted by Gasteiger charge is 2.31. The Morgan fingerprint density at radius 1 is 1.15 bits per heavy atom. The Morgan fingerprint density at radius 2 is 1.88 bits per heavy atom. The lowest BCUT2D eigenvalue weighted by Crippen LogP contribution is -2.24. The summed E-state index contributed by atoms with van der Waals surface area (Å²) in [6, 6.07) is 12.8. The van der Waals surface area contributed by atoms with E-state index in [2.05, 4.69) is 10.1 Å². The van der Waals surface area contributed by atoms with Crippen LogP contribution in [0.5, 0.6) is 5.75 Å². The average Bonchev–Trinajstić information content (AvgIpc) is 2.58. The van der Waals surface area contributed by atoms with Crippen molar-refractivity contribution in [3.8, 4) is 5.75 Å². The van der Waals surface area contributed by atoms with E-state index in [-0.39, 0.29) is 18.2 Å². The van der Waals surface area contributed by atoms with E-state index in [1.165, 1.54) is 6.07 Å². The Labute approximate surface area is 153 Å². The summed E-state index contributed by atoms with van der Waals surface area (Å²) in [4.78, 5) is 11.6. The molecular formula is C18H15ClF3NO3. The fourth-order valence-electron chi connectivity index (χ4n) is 1.94. The first-order chi connectivity index (χ1) is 12.3. The van der Waals surface area contributed by atoms with Crippen molar-refractivity contribution in [2.24, 2.45) is 0 Å². The van der Waals surface area contributed by atoms with Crippen molar-refractivity contribution in [1.82, 2.24) is 5.32 Å². The van der Waals surface area contributed by atoms with Crippen molar-refractivity contribution in [2.45, 2.75) is 13.0 Å². The Morgan fingerprint density at radius 3 is 2.54 bits per heavy atom. The normalized spacial score (nSPS) is 11.4. The number of rotatable bonds is 6. The second-order valence-electron chi connectivity index (χ2n) is 5.08. The molecule has 0 aliphatic carbocycles.